The molecule has 0 radical (unpaired) electrons. The highest BCUT2D eigenvalue weighted by molar-refractivity contribution is 7.89. The number of amides is 1. The molecule has 0 spiro atoms. The third kappa shape index (κ3) is 8.22. The Hall–Kier alpha value is -3.06. The van der Waals surface area contributed by atoms with Crippen LogP contribution >= 0.6 is 0 Å². The number of nitrogens with zero attached hydrogens (tertiary/aromatic N) is 2. The topological polar surface area (TPSA) is 148 Å². The zero-order valence-corrected chi connectivity index (χ0v) is 21.7. The predicted octanol–water partition coefficient (Wildman–Crippen LogP) is 3.08. The highest BCUT2D eigenvalue weighted by Crippen LogP contribution is 2.22. The summed E-state index contributed by atoms with van der Waals surface area (Å²) in [6.45, 7) is 3.95. The van der Waals surface area contributed by atoms with Crippen LogP contribution in [0.2, 0.25) is 0 Å². The number of nitrogens with one attached hydrogen (secondary N) is 1. The van der Waals surface area contributed by atoms with Crippen LogP contribution in [0.3, 0.4) is 0 Å². The Morgan fingerprint density at radius 2 is 1.86 bits per heavy atom. The first-order valence-corrected chi connectivity index (χ1v) is 13.6. The number of nitro benzene ring substituents is 1. The predicted molar refractivity (Wildman–Crippen MR) is 135 cm³/mol. The molecular formula is C25H33N3O8S. The first kappa shape index (κ1) is 28.5. The van der Waals surface area contributed by atoms with Gasteiger partial charge in [0.05, 0.1) is 28.6 Å². The molecule has 1 heterocycles. The first-order chi connectivity index (χ1) is 17.6. The van der Waals surface area contributed by atoms with Gasteiger partial charge in [0, 0.05) is 31.6 Å². The van der Waals surface area contributed by atoms with Crippen molar-refractivity contribution in [1.29, 1.82) is 0 Å². The summed E-state index contributed by atoms with van der Waals surface area (Å²) < 4.78 is 38.6. The summed E-state index contributed by atoms with van der Waals surface area (Å²) in [5.41, 5.74) is 0.601. The number of hydrogen-bond acceptors (Lipinski definition) is 8. The summed E-state index contributed by atoms with van der Waals surface area (Å²) in [6.07, 6.45) is -1.12. The van der Waals surface area contributed by atoms with Gasteiger partial charge in [-0.25, -0.2) is 13.2 Å². The fourth-order valence-corrected chi connectivity index (χ4v) is 5.62. The number of aliphatic hydroxyl groups excluding tert-OH is 1. The molecule has 2 aromatic carbocycles. The van der Waals surface area contributed by atoms with Crippen LogP contribution in [0.1, 0.15) is 32.3 Å². The minimum absolute atomic E-state index is 0.0787. The summed E-state index contributed by atoms with van der Waals surface area (Å²) in [5.74, 6) is -0.0787. The van der Waals surface area contributed by atoms with Gasteiger partial charge in [-0.1, -0.05) is 44.2 Å². The quantitative estimate of drug-likeness (QED) is 0.311. The van der Waals surface area contributed by atoms with Crippen LogP contribution in [0.25, 0.3) is 0 Å². The molecule has 12 heteroatoms. The number of hydrogen-bond donors (Lipinski definition) is 2. The molecule has 0 aliphatic carbocycles. The van der Waals surface area contributed by atoms with Crippen LogP contribution in [0.15, 0.2) is 59.5 Å². The van der Waals surface area contributed by atoms with Gasteiger partial charge >= 0.3 is 6.09 Å². The van der Waals surface area contributed by atoms with E-state index in [1.165, 1.54) is 12.1 Å². The van der Waals surface area contributed by atoms with E-state index >= 15 is 0 Å². The van der Waals surface area contributed by atoms with E-state index in [2.05, 4.69) is 5.32 Å². The Morgan fingerprint density at radius 3 is 2.43 bits per heavy atom. The third-order valence-corrected chi connectivity index (χ3v) is 7.68. The van der Waals surface area contributed by atoms with Gasteiger partial charge in [0.25, 0.3) is 5.69 Å². The maximum absolute atomic E-state index is 13.4. The molecule has 2 N–H and O–H groups in total. The van der Waals surface area contributed by atoms with Crippen molar-refractivity contribution >= 4 is 21.8 Å². The van der Waals surface area contributed by atoms with Crippen LogP contribution in [-0.4, -0.2) is 67.0 Å². The maximum Gasteiger partial charge on any atom is 0.409 e. The van der Waals surface area contributed by atoms with E-state index < -0.39 is 39.5 Å². The number of ether oxygens (including phenoxy) is 2. The molecular weight excluding hydrogens is 502 g/mol. The number of aliphatic hydroxyl groups is 1. The Morgan fingerprint density at radius 1 is 1.19 bits per heavy atom. The molecule has 11 nitrogen and oxygen atoms in total. The van der Waals surface area contributed by atoms with Crippen LogP contribution in [0.4, 0.5) is 10.5 Å². The highest BCUT2D eigenvalue weighted by atomic mass is 32.2. The Balaban J connectivity index is 1.81. The van der Waals surface area contributed by atoms with Gasteiger partial charge in [-0.15, -0.1) is 0 Å². The first-order valence-electron chi connectivity index (χ1n) is 12.1. The Labute approximate surface area is 216 Å². The van der Waals surface area contributed by atoms with E-state index in [-0.39, 0.29) is 36.0 Å². The summed E-state index contributed by atoms with van der Waals surface area (Å²) in [6, 6.07) is 12.9. The maximum atomic E-state index is 13.4. The lowest BCUT2D eigenvalue weighted by molar-refractivity contribution is -0.384. The van der Waals surface area contributed by atoms with Gasteiger partial charge in [0.2, 0.25) is 16.3 Å². The van der Waals surface area contributed by atoms with Crippen molar-refractivity contribution in [3.63, 3.8) is 0 Å². The summed E-state index contributed by atoms with van der Waals surface area (Å²) in [4.78, 5) is 22.8. The van der Waals surface area contributed by atoms with Gasteiger partial charge in [0.1, 0.15) is 0 Å². The van der Waals surface area contributed by atoms with Crippen molar-refractivity contribution in [3.8, 4) is 0 Å². The molecule has 37 heavy (non-hydrogen) atoms. The fraction of sp³-hybridized carbons (Fsp3) is 0.480. The molecule has 0 bridgehead atoms. The minimum Gasteiger partial charge on any atom is -0.420 e. The van der Waals surface area contributed by atoms with Gasteiger partial charge in [-0.05, 0) is 36.5 Å². The molecule has 3 unspecified atom stereocenters. The molecule has 2 aromatic rings. The second-order valence-corrected chi connectivity index (χ2v) is 11.3. The number of nitro groups is 1. The second-order valence-electron chi connectivity index (χ2n) is 9.32. The number of alkyl carbamates (subject to hydrolysis) is 1. The number of carbonyl (C=O) groups excluding carboxylic acids is 1. The monoisotopic (exact) mass is 535 g/mol. The van der Waals surface area contributed by atoms with Crippen molar-refractivity contribution < 1.29 is 32.7 Å². The van der Waals surface area contributed by atoms with Crippen LogP contribution in [-0.2, 0) is 25.9 Å². The zero-order chi connectivity index (χ0) is 27.0. The number of carbonyl (C=O) groups is 1. The smallest absolute Gasteiger partial charge is 0.409 e. The lowest BCUT2D eigenvalue weighted by atomic mass is 10.0. The molecule has 1 aliphatic heterocycles. The van der Waals surface area contributed by atoms with Crippen LogP contribution < -0.4 is 5.32 Å². The van der Waals surface area contributed by atoms with Gasteiger partial charge in [-0.2, -0.15) is 4.31 Å². The van der Waals surface area contributed by atoms with E-state index in [9.17, 15) is 28.4 Å². The van der Waals surface area contributed by atoms with Crippen molar-refractivity contribution in [3.05, 3.63) is 70.3 Å². The minimum atomic E-state index is -4.10. The summed E-state index contributed by atoms with van der Waals surface area (Å²) in [5, 5.41) is 24.8. The van der Waals surface area contributed by atoms with Crippen molar-refractivity contribution in [2.75, 3.05) is 19.7 Å². The number of rotatable bonds is 12. The Bertz CT molecular complexity index is 1140. The fourth-order valence-electron chi connectivity index (χ4n) is 4.00. The molecule has 1 saturated heterocycles. The zero-order valence-electron chi connectivity index (χ0n) is 20.9. The SMILES string of the molecule is CC(C)CN(CC(O)C(Cc1ccccc1)NC(=O)OC1CCCO1)S(=O)(=O)c1ccc([N+](=O)[O-])cc1. The summed E-state index contributed by atoms with van der Waals surface area (Å²) in [7, 11) is -4.10. The normalized spacial score (nSPS) is 17.5. The standard InChI is InChI=1S/C25H33N3O8S/c1-18(2)16-27(37(33,34)21-12-10-20(11-13-21)28(31)32)17-23(29)22(15-19-7-4-3-5-8-19)26-25(30)36-24-9-6-14-35-24/h3-5,7-8,10-13,18,22-24,29H,6,9,14-17H2,1-2H3,(H,26,30). The molecule has 3 rings (SSSR count). The van der Waals surface area contributed by atoms with Crippen molar-refractivity contribution in [2.45, 2.75) is 56.4 Å². The second kappa shape index (κ2) is 13.0. The lowest BCUT2D eigenvalue weighted by Gasteiger charge is -2.30. The van der Waals surface area contributed by atoms with E-state index in [1.54, 1.807) is 0 Å². The average molecular weight is 536 g/mol. The molecule has 0 saturated carbocycles. The number of sulfonamides is 1. The molecule has 3 atom stereocenters. The molecule has 1 fully saturated rings. The van der Waals surface area contributed by atoms with Crippen molar-refractivity contribution in [2.24, 2.45) is 5.92 Å². The van der Waals surface area contributed by atoms with Gasteiger partial charge in [-0.3, -0.25) is 10.1 Å². The molecule has 202 valence electrons. The van der Waals surface area contributed by atoms with Gasteiger partial charge in [0.15, 0.2) is 0 Å². The van der Waals surface area contributed by atoms with E-state index in [0.29, 0.717) is 13.0 Å². The average Bonchev–Trinajstić information content (AvgIpc) is 3.36. The highest BCUT2D eigenvalue weighted by Gasteiger charge is 2.32. The number of benzene rings is 2. The van der Waals surface area contributed by atoms with Gasteiger partial charge < -0.3 is 19.9 Å². The van der Waals surface area contributed by atoms with E-state index in [0.717, 1.165) is 28.4 Å². The third-order valence-electron chi connectivity index (χ3n) is 5.84. The molecule has 0 aromatic heterocycles. The Kier molecular flexibility index (Phi) is 9.98. The number of non-ortho nitro benzene ring substituents is 1. The molecule has 1 aliphatic rings. The van der Waals surface area contributed by atoms with Crippen LogP contribution in [0, 0.1) is 16.0 Å². The molecule has 1 amide bonds. The largest absolute Gasteiger partial charge is 0.420 e. The van der Waals surface area contributed by atoms with Crippen molar-refractivity contribution in [1.82, 2.24) is 9.62 Å². The van der Waals surface area contributed by atoms with E-state index in [4.69, 9.17) is 9.47 Å². The summed E-state index contributed by atoms with van der Waals surface area (Å²) >= 11 is 0. The van der Waals surface area contributed by atoms with Crippen LogP contribution in [0.5, 0.6) is 0 Å². The lowest BCUT2D eigenvalue weighted by Crippen LogP contribution is -2.51. The van der Waals surface area contributed by atoms with E-state index in [1.807, 2.05) is 44.2 Å².